The number of allylic oxidation sites excluding steroid dienone is 1. The van der Waals surface area contributed by atoms with Gasteiger partial charge in [0.15, 0.2) is 0 Å². The van der Waals surface area contributed by atoms with Gasteiger partial charge in [-0.25, -0.2) is 4.39 Å². The van der Waals surface area contributed by atoms with Gasteiger partial charge in [-0.1, -0.05) is 17.3 Å². The number of nitrogens with zero attached hydrogens (tertiary/aromatic N) is 2. The van der Waals surface area contributed by atoms with Gasteiger partial charge in [0.05, 0.1) is 7.11 Å². The number of hydrogen-bond acceptors (Lipinski definition) is 5. The maximum atomic E-state index is 13.5. The topological polar surface area (TPSA) is 74.2 Å². The third kappa shape index (κ3) is 5.01. The fourth-order valence-electron chi connectivity index (χ4n) is 2.71. The van der Waals surface area contributed by atoms with Crippen molar-refractivity contribution >= 4 is 11.6 Å². The summed E-state index contributed by atoms with van der Waals surface area (Å²) in [6.45, 7) is 0.619. The third-order valence-corrected chi connectivity index (χ3v) is 4.14. The number of aromatic nitrogens is 2. The highest BCUT2D eigenvalue weighted by Crippen LogP contribution is 2.26. The van der Waals surface area contributed by atoms with Crippen molar-refractivity contribution in [3.05, 3.63) is 65.8 Å². The molecular weight excluding hydrogens is 345 g/mol. The van der Waals surface area contributed by atoms with Crippen molar-refractivity contribution < 1.29 is 13.7 Å². The van der Waals surface area contributed by atoms with Crippen LogP contribution in [0.5, 0.6) is 5.75 Å². The monoisotopic (exact) mass is 367 g/mol. The Labute approximate surface area is 157 Å². The molecule has 3 aromatic rings. The van der Waals surface area contributed by atoms with Crippen molar-refractivity contribution in [2.45, 2.75) is 19.3 Å². The van der Waals surface area contributed by atoms with E-state index in [0.29, 0.717) is 18.3 Å². The molecule has 3 rings (SSSR count). The van der Waals surface area contributed by atoms with Gasteiger partial charge in [0.2, 0.25) is 5.82 Å². The van der Waals surface area contributed by atoms with Crippen LogP contribution in [0.15, 0.2) is 53.1 Å². The maximum Gasteiger partial charge on any atom is 0.254 e. The van der Waals surface area contributed by atoms with Crippen LogP contribution in [-0.2, 0) is 0 Å². The number of unbranched alkanes of at least 4 members (excludes halogenated alkanes) is 1. The Hall–Kier alpha value is -2.99. The van der Waals surface area contributed by atoms with Crippen LogP contribution < -0.4 is 10.5 Å². The molecule has 0 unspecified atom stereocenters. The fourth-order valence-corrected chi connectivity index (χ4v) is 2.71. The van der Waals surface area contributed by atoms with E-state index in [-0.39, 0.29) is 5.82 Å². The van der Waals surface area contributed by atoms with Gasteiger partial charge in [0.25, 0.3) is 5.89 Å². The van der Waals surface area contributed by atoms with E-state index in [1.54, 1.807) is 13.2 Å². The zero-order valence-corrected chi connectivity index (χ0v) is 15.2. The Balaban J connectivity index is 1.88. The molecule has 0 atom stereocenters. The zero-order valence-electron chi connectivity index (χ0n) is 15.2. The first-order valence-corrected chi connectivity index (χ1v) is 8.84. The Kier molecular flexibility index (Phi) is 6.33. The quantitative estimate of drug-likeness (QED) is 0.591. The highest BCUT2D eigenvalue weighted by atomic mass is 19.1. The number of ether oxygens (including phenoxy) is 1. The molecule has 0 spiro atoms. The summed E-state index contributed by atoms with van der Waals surface area (Å²) < 4.78 is 24.2. The molecule has 140 valence electrons. The lowest BCUT2D eigenvalue weighted by molar-refractivity contribution is 0.406. The molecule has 5 nitrogen and oxygen atoms in total. The molecule has 2 N–H and O–H groups in total. The average molecular weight is 367 g/mol. The van der Waals surface area contributed by atoms with E-state index in [1.165, 1.54) is 12.1 Å². The lowest BCUT2D eigenvalue weighted by Crippen LogP contribution is -1.98. The molecule has 0 bridgehead atoms. The van der Waals surface area contributed by atoms with Crippen molar-refractivity contribution in [2.24, 2.45) is 5.73 Å². The fraction of sp³-hybridized carbons (Fsp3) is 0.238. The lowest BCUT2D eigenvalue weighted by Gasteiger charge is -2.03. The van der Waals surface area contributed by atoms with Gasteiger partial charge in [-0.2, -0.15) is 4.98 Å². The molecule has 0 aliphatic carbocycles. The van der Waals surface area contributed by atoms with Crippen LogP contribution >= 0.6 is 0 Å². The summed E-state index contributed by atoms with van der Waals surface area (Å²) in [6, 6.07) is 13.8. The third-order valence-electron chi connectivity index (χ3n) is 4.14. The van der Waals surface area contributed by atoms with Gasteiger partial charge in [0, 0.05) is 11.1 Å². The summed E-state index contributed by atoms with van der Waals surface area (Å²) in [5, 5.41) is 4.08. The van der Waals surface area contributed by atoms with Crippen LogP contribution in [0, 0.1) is 5.82 Å². The van der Waals surface area contributed by atoms with E-state index in [1.807, 2.05) is 36.4 Å². The molecule has 0 radical (unpaired) electrons. The average Bonchev–Trinajstić information content (AvgIpc) is 3.17. The van der Waals surface area contributed by atoms with E-state index in [0.717, 1.165) is 41.7 Å². The normalized spacial score (nSPS) is 11.6. The van der Waals surface area contributed by atoms with Crippen molar-refractivity contribution in [3.8, 4) is 17.1 Å². The van der Waals surface area contributed by atoms with E-state index in [4.69, 9.17) is 15.0 Å². The predicted octanol–water partition coefficient (Wildman–Crippen LogP) is 4.55. The van der Waals surface area contributed by atoms with Crippen LogP contribution in [0.3, 0.4) is 0 Å². The molecule has 0 saturated heterocycles. The molecule has 1 aromatic heterocycles. The largest absolute Gasteiger partial charge is 0.497 e. The molecule has 1 heterocycles. The predicted molar refractivity (Wildman–Crippen MR) is 103 cm³/mol. The van der Waals surface area contributed by atoms with E-state index in [9.17, 15) is 4.39 Å². The van der Waals surface area contributed by atoms with Crippen LogP contribution in [0.25, 0.3) is 23.0 Å². The Morgan fingerprint density at radius 2 is 2.00 bits per heavy atom. The Morgan fingerprint density at radius 1 is 1.19 bits per heavy atom. The first-order valence-electron chi connectivity index (χ1n) is 8.84. The molecule has 2 aromatic carbocycles. The van der Waals surface area contributed by atoms with Gasteiger partial charge in [-0.15, -0.1) is 0 Å². The Morgan fingerprint density at radius 3 is 2.70 bits per heavy atom. The number of methoxy groups -OCH3 is 1. The maximum absolute atomic E-state index is 13.5. The van der Waals surface area contributed by atoms with Crippen molar-refractivity contribution in [1.82, 2.24) is 10.1 Å². The van der Waals surface area contributed by atoms with Crippen LogP contribution in [0.2, 0.25) is 0 Å². The molecule has 27 heavy (non-hydrogen) atoms. The highest BCUT2D eigenvalue weighted by Gasteiger charge is 2.13. The second kappa shape index (κ2) is 9.09. The second-order valence-electron chi connectivity index (χ2n) is 6.12. The standard InChI is InChI=1S/C21H22FN3O2/c1-26-19-10-8-16(9-11-19)20-24-21(27-25-20)17(6-2-3-12-23)13-15-5-4-7-18(22)14-15/h4-5,7-11,13-14H,2-3,6,12,23H2,1H3/b17-13+. The van der Waals surface area contributed by atoms with E-state index >= 15 is 0 Å². The molecule has 6 heteroatoms. The number of rotatable bonds is 8. The van der Waals surface area contributed by atoms with Crippen molar-refractivity contribution in [1.29, 1.82) is 0 Å². The van der Waals surface area contributed by atoms with Gasteiger partial charge in [-0.05, 0) is 73.8 Å². The SMILES string of the molecule is COc1ccc(-c2noc(/C(=C/c3cccc(F)c3)CCCCN)n2)cc1. The Bertz CT molecular complexity index is 904. The summed E-state index contributed by atoms with van der Waals surface area (Å²) in [6.07, 6.45) is 4.38. The zero-order chi connectivity index (χ0) is 19.1. The molecule has 0 saturated carbocycles. The molecule has 0 fully saturated rings. The first-order chi connectivity index (χ1) is 13.2. The van der Waals surface area contributed by atoms with Gasteiger partial charge >= 0.3 is 0 Å². The molecule has 0 aliphatic heterocycles. The first kappa shape index (κ1) is 18.8. The lowest BCUT2D eigenvalue weighted by atomic mass is 10.0. The summed E-state index contributed by atoms with van der Waals surface area (Å²) in [7, 11) is 1.62. The van der Waals surface area contributed by atoms with Gasteiger partial charge in [-0.3, -0.25) is 0 Å². The minimum atomic E-state index is -0.283. The van der Waals surface area contributed by atoms with Crippen molar-refractivity contribution in [3.63, 3.8) is 0 Å². The summed E-state index contributed by atoms with van der Waals surface area (Å²) in [5.74, 6) is 1.41. The molecular formula is C21H22FN3O2. The van der Waals surface area contributed by atoms with E-state index < -0.39 is 0 Å². The minimum absolute atomic E-state index is 0.283. The number of benzene rings is 2. The number of hydrogen-bond donors (Lipinski definition) is 1. The van der Waals surface area contributed by atoms with Crippen molar-refractivity contribution in [2.75, 3.05) is 13.7 Å². The number of halogens is 1. The smallest absolute Gasteiger partial charge is 0.254 e. The minimum Gasteiger partial charge on any atom is -0.497 e. The second-order valence-corrected chi connectivity index (χ2v) is 6.12. The molecule has 0 aliphatic rings. The summed E-state index contributed by atoms with van der Waals surface area (Å²) in [5.41, 5.74) is 8.04. The summed E-state index contributed by atoms with van der Waals surface area (Å²) >= 11 is 0. The van der Waals surface area contributed by atoms with Crippen LogP contribution in [0.1, 0.15) is 30.7 Å². The van der Waals surface area contributed by atoms with Crippen LogP contribution in [-0.4, -0.2) is 23.8 Å². The highest BCUT2D eigenvalue weighted by molar-refractivity contribution is 5.78. The molecule has 0 amide bonds. The number of nitrogens with two attached hydrogens (primary N) is 1. The summed E-state index contributed by atoms with van der Waals surface area (Å²) in [4.78, 5) is 4.52. The van der Waals surface area contributed by atoms with Gasteiger partial charge in [0.1, 0.15) is 11.6 Å². The van der Waals surface area contributed by atoms with E-state index in [2.05, 4.69) is 10.1 Å². The van der Waals surface area contributed by atoms with Crippen LogP contribution in [0.4, 0.5) is 4.39 Å². The van der Waals surface area contributed by atoms with Gasteiger partial charge < -0.3 is 15.0 Å².